The van der Waals surface area contributed by atoms with Gasteiger partial charge in [-0.25, -0.2) is 18.1 Å². The van der Waals surface area contributed by atoms with Gasteiger partial charge in [-0.1, -0.05) is 0 Å². The third-order valence-electron chi connectivity index (χ3n) is 2.85. The summed E-state index contributed by atoms with van der Waals surface area (Å²) in [5.74, 6) is 0.975. The Hall–Kier alpha value is -2.33. The molecule has 0 atom stereocenters. The van der Waals surface area contributed by atoms with E-state index in [4.69, 9.17) is 0 Å². The Morgan fingerprint density at radius 1 is 1.35 bits per heavy atom. The predicted molar refractivity (Wildman–Crippen MR) is 83.8 cm³/mol. The summed E-state index contributed by atoms with van der Waals surface area (Å²) in [5, 5.41) is 9.60. The highest BCUT2D eigenvalue weighted by atomic mass is 32.2. The number of carbonyl (C=O) groups excluding carboxylic acids is 1. The molecule has 1 amide bonds. The van der Waals surface area contributed by atoms with Gasteiger partial charge in [0.15, 0.2) is 5.82 Å². The zero-order valence-electron chi connectivity index (χ0n) is 12.6. The van der Waals surface area contributed by atoms with Crippen molar-refractivity contribution in [1.82, 2.24) is 30.2 Å². The van der Waals surface area contributed by atoms with E-state index in [-0.39, 0.29) is 18.9 Å². The quantitative estimate of drug-likeness (QED) is 0.593. The Morgan fingerprint density at radius 2 is 2.17 bits per heavy atom. The van der Waals surface area contributed by atoms with Gasteiger partial charge < -0.3 is 5.32 Å². The molecule has 3 N–H and O–H groups in total. The zero-order valence-corrected chi connectivity index (χ0v) is 13.4. The van der Waals surface area contributed by atoms with Gasteiger partial charge in [-0.15, -0.1) is 0 Å². The first kappa shape index (κ1) is 17.0. The maximum atomic E-state index is 11.5. The van der Waals surface area contributed by atoms with Gasteiger partial charge in [0, 0.05) is 43.9 Å². The molecule has 0 radical (unpaired) electrons. The molecule has 2 aromatic heterocycles. The molecule has 0 saturated heterocycles. The number of pyridine rings is 1. The number of carbonyl (C=O) groups is 1. The monoisotopic (exact) mass is 338 g/mol. The fraction of sp³-hybridized carbons (Fsp3) is 0.385. The number of aromatic nitrogens is 4. The van der Waals surface area contributed by atoms with E-state index >= 15 is 0 Å². The van der Waals surface area contributed by atoms with Crippen molar-refractivity contribution in [2.45, 2.75) is 12.8 Å². The van der Waals surface area contributed by atoms with Crippen molar-refractivity contribution in [2.24, 2.45) is 0 Å². The molecule has 124 valence electrons. The predicted octanol–water partition coefficient (Wildman–Crippen LogP) is -0.535. The van der Waals surface area contributed by atoms with Crippen LogP contribution in [0.2, 0.25) is 0 Å². The van der Waals surface area contributed by atoms with E-state index in [1.165, 1.54) is 0 Å². The molecule has 2 rings (SSSR count). The fourth-order valence-corrected chi connectivity index (χ4v) is 2.26. The summed E-state index contributed by atoms with van der Waals surface area (Å²) in [6, 6.07) is 3.66. The molecule has 0 aliphatic heterocycles. The SMILES string of the molecule is CS(=O)(=O)NCCC(=O)NCCc1nc(-c2cccnc2)n[nH]1. The van der Waals surface area contributed by atoms with Gasteiger partial charge >= 0.3 is 0 Å². The Morgan fingerprint density at radius 3 is 2.87 bits per heavy atom. The van der Waals surface area contributed by atoms with E-state index in [0.29, 0.717) is 24.6 Å². The lowest BCUT2D eigenvalue weighted by molar-refractivity contribution is -0.120. The van der Waals surface area contributed by atoms with Crippen molar-refractivity contribution in [3.63, 3.8) is 0 Å². The van der Waals surface area contributed by atoms with Crippen LogP contribution < -0.4 is 10.0 Å². The van der Waals surface area contributed by atoms with Gasteiger partial charge in [0.05, 0.1) is 6.26 Å². The van der Waals surface area contributed by atoms with Crippen LogP contribution in [0, 0.1) is 0 Å². The van der Waals surface area contributed by atoms with Gasteiger partial charge in [-0.05, 0) is 12.1 Å². The minimum atomic E-state index is -3.27. The topological polar surface area (TPSA) is 130 Å². The number of aromatic amines is 1. The molecule has 0 aliphatic carbocycles. The molecule has 0 aliphatic rings. The molecule has 10 heteroatoms. The highest BCUT2D eigenvalue weighted by Gasteiger charge is 2.07. The lowest BCUT2D eigenvalue weighted by Gasteiger charge is -2.04. The van der Waals surface area contributed by atoms with E-state index in [0.717, 1.165) is 11.8 Å². The second kappa shape index (κ2) is 7.79. The third kappa shape index (κ3) is 6.12. The summed E-state index contributed by atoms with van der Waals surface area (Å²) in [4.78, 5) is 19.9. The van der Waals surface area contributed by atoms with E-state index < -0.39 is 10.0 Å². The summed E-state index contributed by atoms with van der Waals surface area (Å²) < 4.78 is 24.0. The molecule has 23 heavy (non-hydrogen) atoms. The smallest absolute Gasteiger partial charge is 0.221 e. The van der Waals surface area contributed by atoms with Crippen LogP contribution in [0.5, 0.6) is 0 Å². The first-order valence-corrected chi connectivity index (χ1v) is 8.86. The summed E-state index contributed by atoms with van der Waals surface area (Å²) >= 11 is 0. The lowest BCUT2D eigenvalue weighted by atomic mass is 10.3. The van der Waals surface area contributed by atoms with Crippen LogP contribution in [0.3, 0.4) is 0 Å². The van der Waals surface area contributed by atoms with E-state index in [1.54, 1.807) is 18.5 Å². The first-order valence-electron chi connectivity index (χ1n) is 6.97. The van der Waals surface area contributed by atoms with E-state index in [2.05, 4.69) is 30.2 Å². The minimum Gasteiger partial charge on any atom is -0.356 e. The molecule has 2 aromatic rings. The first-order chi connectivity index (χ1) is 10.9. The lowest BCUT2D eigenvalue weighted by Crippen LogP contribution is -2.31. The van der Waals surface area contributed by atoms with Crippen molar-refractivity contribution < 1.29 is 13.2 Å². The Bertz CT molecular complexity index is 744. The molecule has 0 saturated carbocycles. The number of H-pyrrole nitrogens is 1. The number of hydrogen-bond acceptors (Lipinski definition) is 6. The van der Waals surface area contributed by atoms with Crippen molar-refractivity contribution in [3.05, 3.63) is 30.4 Å². The fourth-order valence-electron chi connectivity index (χ4n) is 1.79. The number of nitrogens with one attached hydrogen (secondary N) is 3. The van der Waals surface area contributed by atoms with Crippen LogP contribution in [-0.4, -0.2) is 53.8 Å². The molecular formula is C13H18N6O3S. The average Bonchev–Trinajstić information content (AvgIpc) is 2.96. The zero-order chi connectivity index (χ0) is 16.7. The number of rotatable bonds is 8. The standard InChI is InChI=1S/C13H18N6O3S/c1-23(21,22)16-8-5-12(20)15-7-4-11-17-13(19-18-11)10-3-2-6-14-9-10/h2-3,6,9,16H,4-5,7-8H2,1H3,(H,15,20)(H,17,18,19). The van der Waals surface area contributed by atoms with Crippen molar-refractivity contribution in [1.29, 1.82) is 0 Å². The number of nitrogens with zero attached hydrogens (tertiary/aromatic N) is 3. The normalized spacial score (nSPS) is 11.3. The maximum absolute atomic E-state index is 11.5. The van der Waals surface area contributed by atoms with Crippen LogP contribution in [0.1, 0.15) is 12.2 Å². The summed E-state index contributed by atoms with van der Waals surface area (Å²) in [7, 11) is -3.27. The van der Waals surface area contributed by atoms with Gasteiger partial charge in [-0.2, -0.15) is 5.10 Å². The third-order valence-corrected chi connectivity index (χ3v) is 3.58. The van der Waals surface area contributed by atoms with Crippen molar-refractivity contribution in [3.8, 4) is 11.4 Å². The van der Waals surface area contributed by atoms with Crippen LogP contribution in [0.25, 0.3) is 11.4 Å². The molecule has 0 unspecified atom stereocenters. The van der Waals surface area contributed by atoms with Crippen molar-refractivity contribution >= 4 is 15.9 Å². The minimum absolute atomic E-state index is 0.0815. The second-order valence-electron chi connectivity index (χ2n) is 4.86. The van der Waals surface area contributed by atoms with Crippen LogP contribution in [-0.2, 0) is 21.2 Å². The average molecular weight is 338 g/mol. The largest absolute Gasteiger partial charge is 0.356 e. The summed E-state index contributed by atoms with van der Waals surface area (Å²) in [6.45, 7) is 0.470. The maximum Gasteiger partial charge on any atom is 0.221 e. The number of sulfonamides is 1. The highest BCUT2D eigenvalue weighted by Crippen LogP contribution is 2.11. The Labute approximate surface area is 134 Å². The van der Waals surface area contributed by atoms with Crippen LogP contribution in [0.4, 0.5) is 0 Å². The molecule has 9 nitrogen and oxygen atoms in total. The van der Waals surface area contributed by atoms with E-state index in [9.17, 15) is 13.2 Å². The van der Waals surface area contributed by atoms with E-state index in [1.807, 2.05) is 6.07 Å². The molecule has 0 fully saturated rings. The summed E-state index contributed by atoms with van der Waals surface area (Å²) in [6.07, 6.45) is 4.98. The number of hydrogen-bond donors (Lipinski definition) is 3. The van der Waals surface area contributed by atoms with Gasteiger partial charge in [-0.3, -0.25) is 14.9 Å². The Kier molecular flexibility index (Phi) is 5.77. The highest BCUT2D eigenvalue weighted by molar-refractivity contribution is 7.88. The molecule has 2 heterocycles. The van der Waals surface area contributed by atoms with Crippen LogP contribution in [0.15, 0.2) is 24.5 Å². The number of amides is 1. The Balaban J connectivity index is 1.72. The summed E-state index contributed by atoms with van der Waals surface area (Å²) in [5.41, 5.74) is 0.811. The molecule has 0 aromatic carbocycles. The van der Waals surface area contributed by atoms with Crippen LogP contribution >= 0.6 is 0 Å². The molecular weight excluding hydrogens is 320 g/mol. The van der Waals surface area contributed by atoms with Gasteiger partial charge in [0.25, 0.3) is 0 Å². The second-order valence-corrected chi connectivity index (χ2v) is 6.70. The molecule has 0 bridgehead atoms. The van der Waals surface area contributed by atoms with Gasteiger partial charge in [0.1, 0.15) is 5.82 Å². The molecule has 0 spiro atoms. The van der Waals surface area contributed by atoms with Crippen molar-refractivity contribution in [2.75, 3.05) is 19.3 Å². The van der Waals surface area contributed by atoms with Gasteiger partial charge in [0.2, 0.25) is 15.9 Å².